The van der Waals surface area contributed by atoms with Crippen LogP contribution in [0.25, 0.3) is 0 Å². The molecule has 0 saturated heterocycles. The van der Waals surface area contributed by atoms with E-state index < -0.39 is 5.97 Å². The lowest BCUT2D eigenvalue weighted by molar-refractivity contribution is 0.0697. The SMILES string of the molecule is O=C(O)c1ccccc1N1C=CN(c2cccc(Cl)c2)N1. The molecule has 0 aliphatic carbocycles. The number of carboxylic acids is 1. The number of anilines is 2. The van der Waals surface area contributed by atoms with Crippen molar-refractivity contribution in [2.75, 3.05) is 10.0 Å². The zero-order chi connectivity index (χ0) is 14.8. The molecule has 0 bridgehead atoms. The van der Waals surface area contributed by atoms with Crippen molar-refractivity contribution in [3.8, 4) is 0 Å². The summed E-state index contributed by atoms with van der Waals surface area (Å²) >= 11 is 5.97. The van der Waals surface area contributed by atoms with Crippen LogP contribution in [0.4, 0.5) is 11.4 Å². The van der Waals surface area contributed by atoms with Crippen LogP contribution in [0.2, 0.25) is 5.02 Å². The number of hydrogen-bond donors (Lipinski definition) is 2. The van der Waals surface area contributed by atoms with Crippen LogP contribution in [-0.4, -0.2) is 11.1 Å². The molecule has 2 aromatic rings. The van der Waals surface area contributed by atoms with Crippen molar-refractivity contribution in [3.05, 3.63) is 71.5 Å². The minimum absolute atomic E-state index is 0.225. The molecule has 5 nitrogen and oxygen atoms in total. The molecule has 6 heteroatoms. The molecular weight excluding hydrogens is 290 g/mol. The lowest BCUT2D eigenvalue weighted by Crippen LogP contribution is -2.40. The molecule has 21 heavy (non-hydrogen) atoms. The minimum atomic E-state index is -0.970. The maximum atomic E-state index is 11.3. The van der Waals surface area contributed by atoms with Gasteiger partial charge in [0.2, 0.25) is 0 Å². The highest BCUT2D eigenvalue weighted by Crippen LogP contribution is 2.25. The van der Waals surface area contributed by atoms with Gasteiger partial charge in [-0.25, -0.2) is 4.79 Å². The number of aromatic carboxylic acids is 1. The average Bonchev–Trinajstić information content (AvgIpc) is 2.97. The van der Waals surface area contributed by atoms with Gasteiger partial charge in [-0.1, -0.05) is 29.8 Å². The number of hydrazine groups is 2. The van der Waals surface area contributed by atoms with Gasteiger partial charge in [-0.2, -0.15) is 0 Å². The van der Waals surface area contributed by atoms with Crippen molar-refractivity contribution in [1.29, 1.82) is 0 Å². The first-order valence-corrected chi connectivity index (χ1v) is 6.64. The molecule has 0 unspecified atom stereocenters. The highest BCUT2D eigenvalue weighted by Gasteiger charge is 2.19. The number of halogens is 1. The fourth-order valence-electron chi connectivity index (χ4n) is 2.08. The van der Waals surface area contributed by atoms with Crippen LogP contribution in [0.1, 0.15) is 10.4 Å². The Morgan fingerprint density at radius 1 is 1.05 bits per heavy atom. The maximum Gasteiger partial charge on any atom is 0.337 e. The van der Waals surface area contributed by atoms with Crippen molar-refractivity contribution in [2.24, 2.45) is 0 Å². The van der Waals surface area contributed by atoms with Crippen molar-refractivity contribution in [2.45, 2.75) is 0 Å². The second kappa shape index (κ2) is 5.47. The summed E-state index contributed by atoms with van der Waals surface area (Å²) in [5.41, 5.74) is 4.72. The van der Waals surface area contributed by atoms with Gasteiger partial charge in [0, 0.05) is 17.4 Å². The van der Waals surface area contributed by atoms with Crippen molar-refractivity contribution in [1.82, 2.24) is 5.53 Å². The third-order valence-electron chi connectivity index (χ3n) is 3.06. The van der Waals surface area contributed by atoms with Gasteiger partial charge < -0.3 is 5.11 Å². The number of carboxylic acid groups (broad SMARTS) is 1. The number of nitrogens with one attached hydrogen (secondary N) is 1. The number of benzene rings is 2. The Bertz CT molecular complexity index is 718. The Kier molecular flexibility index (Phi) is 3.51. The van der Waals surface area contributed by atoms with E-state index in [1.165, 1.54) is 0 Å². The molecule has 0 amide bonds. The van der Waals surface area contributed by atoms with Crippen LogP contribution in [0.5, 0.6) is 0 Å². The molecule has 1 aliphatic rings. The summed E-state index contributed by atoms with van der Waals surface area (Å²) in [6.07, 6.45) is 3.55. The van der Waals surface area contributed by atoms with E-state index in [-0.39, 0.29) is 5.56 Å². The predicted molar refractivity (Wildman–Crippen MR) is 82.1 cm³/mol. The number of nitrogens with zero attached hydrogens (tertiary/aromatic N) is 2. The molecule has 1 aliphatic heterocycles. The Morgan fingerprint density at radius 2 is 1.81 bits per heavy atom. The van der Waals surface area contributed by atoms with E-state index in [0.717, 1.165) is 5.69 Å². The summed E-state index contributed by atoms with van der Waals surface area (Å²) in [6.45, 7) is 0. The predicted octanol–water partition coefficient (Wildman–Crippen LogP) is 3.26. The van der Waals surface area contributed by atoms with Crippen LogP contribution in [0.3, 0.4) is 0 Å². The van der Waals surface area contributed by atoms with Crippen LogP contribution in [0.15, 0.2) is 60.9 Å². The Balaban J connectivity index is 1.86. The Morgan fingerprint density at radius 3 is 2.57 bits per heavy atom. The van der Waals surface area contributed by atoms with E-state index in [2.05, 4.69) is 5.53 Å². The summed E-state index contributed by atoms with van der Waals surface area (Å²) in [5, 5.41) is 13.3. The van der Waals surface area contributed by atoms with Crippen LogP contribution >= 0.6 is 11.6 Å². The molecule has 1 heterocycles. The smallest absolute Gasteiger partial charge is 0.337 e. The third kappa shape index (κ3) is 2.69. The van der Waals surface area contributed by atoms with Crippen molar-refractivity contribution in [3.63, 3.8) is 0 Å². The molecule has 2 aromatic carbocycles. The van der Waals surface area contributed by atoms with Crippen LogP contribution in [0, 0.1) is 0 Å². The summed E-state index contributed by atoms with van der Waals surface area (Å²) in [6, 6.07) is 14.1. The zero-order valence-corrected chi connectivity index (χ0v) is 11.7. The molecule has 0 radical (unpaired) electrons. The van der Waals surface area contributed by atoms with Crippen molar-refractivity contribution < 1.29 is 9.90 Å². The van der Waals surface area contributed by atoms with Gasteiger partial charge in [-0.05, 0) is 30.3 Å². The highest BCUT2D eigenvalue weighted by atomic mass is 35.5. The standard InChI is InChI=1S/C15H12ClN3O2/c16-11-4-3-5-12(10-11)18-8-9-19(17-18)14-7-2-1-6-13(14)15(20)21/h1-10,17H,(H,20,21). The maximum absolute atomic E-state index is 11.3. The van der Waals surface area contributed by atoms with E-state index in [1.807, 2.05) is 18.2 Å². The van der Waals surface area contributed by atoms with Crippen LogP contribution < -0.4 is 15.6 Å². The summed E-state index contributed by atoms with van der Waals surface area (Å²) in [7, 11) is 0. The second-order valence-electron chi connectivity index (χ2n) is 4.44. The second-order valence-corrected chi connectivity index (χ2v) is 4.88. The molecular formula is C15H12ClN3O2. The van der Waals surface area contributed by atoms with Gasteiger partial charge in [0.05, 0.1) is 16.9 Å². The van der Waals surface area contributed by atoms with Crippen molar-refractivity contribution >= 4 is 28.9 Å². The van der Waals surface area contributed by atoms with Gasteiger partial charge in [0.15, 0.2) is 0 Å². The third-order valence-corrected chi connectivity index (χ3v) is 3.30. The number of rotatable bonds is 3. The lowest BCUT2D eigenvalue weighted by Gasteiger charge is -2.23. The molecule has 0 saturated carbocycles. The molecule has 2 N–H and O–H groups in total. The monoisotopic (exact) mass is 301 g/mol. The van der Waals surface area contributed by atoms with E-state index in [0.29, 0.717) is 10.7 Å². The molecule has 0 spiro atoms. The van der Waals surface area contributed by atoms with E-state index in [9.17, 15) is 9.90 Å². The van der Waals surface area contributed by atoms with Gasteiger partial charge in [0.1, 0.15) is 0 Å². The summed E-state index contributed by atoms with van der Waals surface area (Å²) < 4.78 is 0. The highest BCUT2D eigenvalue weighted by molar-refractivity contribution is 6.30. The van der Waals surface area contributed by atoms with Crippen LogP contribution in [-0.2, 0) is 0 Å². The van der Waals surface area contributed by atoms with Gasteiger partial charge in [-0.15, -0.1) is 5.53 Å². The lowest BCUT2D eigenvalue weighted by atomic mass is 10.2. The van der Waals surface area contributed by atoms with E-state index in [4.69, 9.17) is 11.6 Å². The number of hydrogen-bond acceptors (Lipinski definition) is 4. The average molecular weight is 302 g/mol. The minimum Gasteiger partial charge on any atom is -0.478 e. The summed E-state index contributed by atoms with van der Waals surface area (Å²) in [5.74, 6) is -0.970. The fourth-order valence-corrected chi connectivity index (χ4v) is 2.27. The first-order valence-electron chi connectivity index (χ1n) is 6.26. The van der Waals surface area contributed by atoms with Gasteiger partial charge in [-0.3, -0.25) is 10.0 Å². The van der Waals surface area contributed by atoms with Gasteiger partial charge >= 0.3 is 5.97 Å². The van der Waals surface area contributed by atoms with E-state index >= 15 is 0 Å². The van der Waals surface area contributed by atoms with Gasteiger partial charge in [0.25, 0.3) is 0 Å². The molecule has 106 valence electrons. The topological polar surface area (TPSA) is 55.8 Å². The molecule has 0 aromatic heterocycles. The summed E-state index contributed by atoms with van der Waals surface area (Å²) in [4.78, 5) is 11.3. The fraction of sp³-hybridized carbons (Fsp3) is 0. The Labute approximate surface area is 126 Å². The molecule has 3 rings (SSSR count). The normalized spacial score (nSPS) is 13.8. The largest absolute Gasteiger partial charge is 0.478 e. The van der Waals surface area contributed by atoms with E-state index in [1.54, 1.807) is 52.7 Å². The molecule has 0 fully saturated rings. The quantitative estimate of drug-likeness (QED) is 0.911. The Hall–Kier alpha value is -2.50. The molecule has 0 atom stereocenters. The number of carbonyl (C=O) groups is 1. The zero-order valence-electron chi connectivity index (χ0n) is 10.9. The number of para-hydroxylation sites is 1. The first-order chi connectivity index (χ1) is 10.1. The first kappa shape index (κ1) is 13.5.